The molecule has 1 N–H and O–H groups in total. The predicted octanol–water partition coefficient (Wildman–Crippen LogP) is 2.19. The molecule has 2 aliphatic rings. The summed E-state index contributed by atoms with van der Waals surface area (Å²) < 4.78 is 10.8. The van der Waals surface area contributed by atoms with E-state index in [2.05, 4.69) is 10.2 Å². The van der Waals surface area contributed by atoms with Gasteiger partial charge < -0.3 is 19.7 Å². The van der Waals surface area contributed by atoms with E-state index in [4.69, 9.17) is 9.47 Å². The minimum absolute atomic E-state index is 0.161. The summed E-state index contributed by atoms with van der Waals surface area (Å²) in [7, 11) is 3.33. The molecule has 5 nitrogen and oxygen atoms in total. The number of hydrogen-bond acceptors (Lipinski definition) is 4. The third kappa shape index (κ3) is 3.78. The van der Waals surface area contributed by atoms with E-state index in [1.165, 1.54) is 0 Å². The van der Waals surface area contributed by atoms with Crippen LogP contribution >= 0.6 is 0 Å². The molecule has 1 amide bonds. The SMILES string of the molecule is COc1ccc(OC)c(CN(C(=O)C2CCNCC2)C2CC2)c1. The number of amides is 1. The van der Waals surface area contributed by atoms with E-state index in [-0.39, 0.29) is 5.92 Å². The molecule has 0 aromatic heterocycles. The highest BCUT2D eigenvalue weighted by Crippen LogP contribution is 2.33. The maximum atomic E-state index is 13.0. The van der Waals surface area contributed by atoms with E-state index < -0.39 is 0 Å². The Balaban J connectivity index is 1.78. The molecule has 1 aromatic carbocycles. The van der Waals surface area contributed by atoms with Crippen molar-refractivity contribution in [2.24, 2.45) is 5.92 Å². The van der Waals surface area contributed by atoms with Gasteiger partial charge in [0.1, 0.15) is 11.5 Å². The highest BCUT2D eigenvalue weighted by Gasteiger charge is 2.36. The van der Waals surface area contributed by atoms with Crippen LogP contribution in [0.3, 0.4) is 0 Å². The highest BCUT2D eigenvalue weighted by atomic mass is 16.5. The third-order valence-electron chi connectivity index (χ3n) is 4.79. The second-order valence-corrected chi connectivity index (χ2v) is 6.40. The molecule has 0 atom stereocenters. The molecule has 2 fully saturated rings. The number of rotatable bonds is 6. The highest BCUT2D eigenvalue weighted by molar-refractivity contribution is 5.79. The first kappa shape index (κ1) is 16.1. The normalized spacial score (nSPS) is 18.5. The summed E-state index contributed by atoms with van der Waals surface area (Å²) in [6, 6.07) is 6.17. The molecule has 1 aliphatic heterocycles. The first-order valence-electron chi connectivity index (χ1n) is 8.45. The van der Waals surface area contributed by atoms with Gasteiger partial charge in [0.15, 0.2) is 0 Å². The van der Waals surface area contributed by atoms with Crippen LogP contribution in [0.2, 0.25) is 0 Å². The van der Waals surface area contributed by atoms with E-state index in [0.717, 1.165) is 55.8 Å². The Labute approximate surface area is 137 Å². The van der Waals surface area contributed by atoms with Crippen molar-refractivity contribution >= 4 is 5.91 Å². The summed E-state index contributed by atoms with van der Waals surface area (Å²) in [5.41, 5.74) is 1.01. The number of benzene rings is 1. The molecule has 3 rings (SSSR count). The number of nitrogens with zero attached hydrogens (tertiary/aromatic N) is 1. The Morgan fingerprint density at radius 1 is 1.17 bits per heavy atom. The topological polar surface area (TPSA) is 50.8 Å². The van der Waals surface area contributed by atoms with Gasteiger partial charge in [-0.2, -0.15) is 0 Å². The van der Waals surface area contributed by atoms with Crippen LogP contribution in [0.15, 0.2) is 18.2 Å². The Morgan fingerprint density at radius 2 is 1.91 bits per heavy atom. The second kappa shape index (κ2) is 7.21. The minimum atomic E-state index is 0.161. The Morgan fingerprint density at radius 3 is 2.52 bits per heavy atom. The maximum absolute atomic E-state index is 13.0. The van der Waals surface area contributed by atoms with Gasteiger partial charge in [0.05, 0.1) is 14.2 Å². The van der Waals surface area contributed by atoms with Gasteiger partial charge in [0, 0.05) is 24.1 Å². The van der Waals surface area contributed by atoms with Crippen LogP contribution in [0.4, 0.5) is 0 Å². The van der Waals surface area contributed by atoms with Crippen molar-refractivity contribution in [2.45, 2.75) is 38.3 Å². The number of piperidine rings is 1. The molecule has 0 spiro atoms. The molecule has 23 heavy (non-hydrogen) atoms. The number of methoxy groups -OCH3 is 2. The molecule has 1 aliphatic carbocycles. The van der Waals surface area contributed by atoms with E-state index in [9.17, 15) is 4.79 Å². The van der Waals surface area contributed by atoms with Crippen molar-refractivity contribution in [1.29, 1.82) is 0 Å². The van der Waals surface area contributed by atoms with E-state index >= 15 is 0 Å². The van der Waals surface area contributed by atoms with E-state index in [1.807, 2.05) is 18.2 Å². The fourth-order valence-electron chi connectivity index (χ4n) is 3.27. The largest absolute Gasteiger partial charge is 0.497 e. The van der Waals surface area contributed by atoms with E-state index in [0.29, 0.717) is 18.5 Å². The fourth-order valence-corrected chi connectivity index (χ4v) is 3.27. The van der Waals surface area contributed by atoms with Gasteiger partial charge in [0.25, 0.3) is 0 Å². The number of carbonyl (C=O) groups is 1. The number of carbonyl (C=O) groups excluding carboxylic acids is 1. The number of nitrogens with one attached hydrogen (secondary N) is 1. The van der Waals surface area contributed by atoms with Crippen LogP contribution in [0.5, 0.6) is 11.5 Å². The molecule has 0 bridgehead atoms. The molecule has 1 saturated heterocycles. The molecule has 0 unspecified atom stereocenters. The maximum Gasteiger partial charge on any atom is 0.226 e. The van der Waals surface area contributed by atoms with Gasteiger partial charge in [-0.05, 0) is 57.0 Å². The molecular formula is C18H26N2O3. The Hall–Kier alpha value is -1.75. The van der Waals surface area contributed by atoms with Crippen LogP contribution in [-0.2, 0) is 11.3 Å². The molecule has 126 valence electrons. The van der Waals surface area contributed by atoms with Crippen molar-refractivity contribution in [2.75, 3.05) is 27.3 Å². The van der Waals surface area contributed by atoms with Gasteiger partial charge in [-0.1, -0.05) is 0 Å². The number of ether oxygens (including phenoxy) is 2. The van der Waals surface area contributed by atoms with Gasteiger partial charge in [0.2, 0.25) is 5.91 Å². The van der Waals surface area contributed by atoms with Gasteiger partial charge in [-0.15, -0.1) is 0 Å². The summed E-state index contributed by atoms with van der Waals surface area (Å²) in [4.78, 5) is 15.0. The zero-order valence-corrected chi connectivity index (χ0v) is 14.0. The minimum Gasteiger partial charge on any atom is -0.497 e. The van der Waals surface area contributed by atoms with Crippen molar-refractivity contribution in [3.8, 4) is 11.5 Å². The van der Waals surface area contributed by atoms with Crippen LogP contribution in [0.25, 0.3) is 0 Å². The number of hydrogen-bond donors (Lipinski definition) is 1. The molecular weight excluding hydrogens is 292 g/mol. The zero-order chi connectivity index (χ0) is 16.2. The molecule has 1 aromatic rings. The third-order valence-corrected chi connectivity index (χ3v) is 4.79. The van der Waals surface area contributed by atoms with Crippen LogP contribution < -0.4 is 14.8 Å². The molecule has 0 radical (unpaired) electrons. The summed E-state index contributed by atoms with van der Waals surface area (Å²) in [5, 5.41) is 3.33. The van der Waals surface area contributed by atoms with Crippen molar-refractivity contribution in [3.63, 3.8) is 0 Å². The van der Waals surface area contributed by atoms with Crippen molar-refractivity contribution < 1.29 is 14.3 Å². The van der Waals surface area contributed by atoms with Crippen LogP contribution in [-0.4, -0.2) is 44.2 Å². The van der Waals surface area contributed by atoms with Gasteiger partial charge in [-0.3, -0.25) is 4.79 Å². The molecule has 1 heterocycles. The quantitative estimate of drug-likeness (QED) is 0.873. The lowest BCUT2D eigenvalue weighted by atomic mass is 9.96. The average Bonchev–Trinajstić information content (AvgIpc) is 3.44. The van der Waals surface area contributed by atoms with Crippen LogP contribution in [0.1, 0.15) is 31.2 Å². The van der Waals surface area contributed by atoms with Gasteiger partial charge >= 0.3 is 0 Å². The fraction of sp³-hybridized carbons (Fsp3) is 0.611. The summed E-state index contributed by atoms with van der Waals surface area (Å²) in [5.74, 6) is 2.08. The van der Waals surface area contributed by atoms with Crippen LogP contribution in [0, 0.1) is 5.92 Å². The second-order valence-electron chi connectivity index (χ2n) is 6.40. The lowest BCUT2D eigenvalue weighted by Crippen LogP contribution is -2.41. The lowest BCUT2D eigenvalue weighted by molar-refractivity contribution is -0.137. The van der Waals surface area contributed by atoms with E-state index in [1.54, 1.807) is 14.2 Å². The first-order chi connectivity index (χ1) is 11.2. The average molecular weight is 318 g/mol. The molecule has 1 saturated carbocycles. The summed E-state index contributed by atoms with van der Waals surface area (Å²) in [6.45, 7) is 2.49. The van der Waals surface area contributed by atoms with Crippen molar-refractivity contribution in [1.82, 2.24) is 10.2 Å². The van der Waals surface area contributed by atoms with Crippen molar-refractivity contribution in [3.05, 3.63) is 23.8 Å². The smallest absolute Gasteiger partial charge is 0.226 e. The standard InChI is InChI=1S/C18H26N2O3/c1-22-16-5-6-17(23-2)14(11-16)12-20(15-3-4-15)18(21)13-7-9-19-10-8-13/h5-6,11,13,15,19H,3-4,7-10,12H2,1-2H3. The lowest BCUT2D eigenvalue weighted by Gasteiger charge is -2.30. The monoisotopic (exact) mass is 318 g/mol. The first-order valence-corrected chi connectivity index (χ1v) is 8.45. The Kier molecular flexibility index (Phi) is 5.06. The summed E-state index contributed by atoms with van der Waals surface area (Å²) >= 11 is 0. The predicted molar refractivity (Wildman–Crippen MR) is 88.7 cm³/mol. The van der Waals surface area contributed by atoms with Gasteiger partial charge in [-0.25, -0.2) is 0 Å². The molecule has 5 heteroatoms. The Bertz CT molecular complexity index is 551. The summed E-state index contributed by atoms with van der Waals surface area (Å²) in [6.07, 6.45) is 4.11. The zero-order valence-electron chi connectivity index (χ0n) is 14.0.